The number of amides is 6. The fourth-order valence-corrected chi connectivity index (χ4v) is 8.00. The average molecular weight is 942 g/mol. The van der Waals surface area contributed by atoms with E-state index in [2.05, 4.69) is 26.6 Å². The van der Waals surface area contributed by atoms with Gasteiger partial charge in [0.15, 0.2) is 0 Å². The van der Waals surface area contributed by atoms with Crippen LogP contribution in [0.15, 0.2) is 84.9 Å². The summed E-state index contributed by atoms with van der Waals surface area (Å²) >= 11 is 0. The second-order valence-corrected chi connectivity index (χ2v) is 18.8. The highest BCUT2D eigenvalue weighted by Crippen LogP contribution is 2.22. The lowest BCUT2D eigenvalue weighted by Gasteiger charge is -2.33. The number of carbonyl (C=O) groups excluding carboxylic acids is 7. The Hall–Kier alpha value is -6.33. The number of methoxy groups -OCH3 is 1. The van der Waals surface area contributed by atoms with E-state index >= 15 is 0 Å². The van der Waals surface area contributed by atoms with Gasteiger partial charge in [0.1, 0.15) is 29.8 Å². The van der Waals surface area contributed by atoms with Crippen molar-refractivity contribution >= 4 is 41.6 Å². The zero-order valence-electron chi connectivity index (χ0n) is 40.6. The van der Waals surface area contributed by atoms with Gasteiger partial charge in [0.05, 0.1) is 31.7 Å². The topological polar surface area (TPSA) is 248 Å². The van der Waals surface area contributed by atoms with Crippen LogP contribution < -0.4 is 32.3 Å². The van der Waals surface area contributed by atoms with E-state index in [9.17, 15) is 38.7 Å². The summed E-state index contributed by atoms with van der Waals surface area (Å²) in [4.78, 5) is 95.8. The summed E-state index contributed by atoms with van der Waals surface area (Å²) in [6.07, 6.45) is -1.02. The number of ether oxygens (including phenoxy) is 2. The van der Waals surface area contributed by atoms with Crippen molar-refractivity contribution in [3.63, 3.8) is 0 Å². The van der Waals surface area contributed by atoms with E-state index in [0.717, 1.165) is 16.7 Å². The molecule has 1 aliphatic heterocycles. The highest BCUT2D eigenvalue weighted by Gasteiger charge is 2.39. The molecule has 1 fully saturated rings. The van der Waals surface area contributed by atoms with Crippen molar-refractivity contribution < 1.29 is 48.1 Å². The second-order valence-electron chi connectivity index (χ2n) is 18.8. The number of hydrogen-bond acceptors (Lipinski definition) is 11. The highest BCUT2D eigenvalue weighted by molar-refractivity contribution is 5.94. The van der Waals surface area contributed by atoms with Crippen molar-refractivity contribution in [2.75, 3.05) is 20.2 Å². The van der Waals surface area contributed by atoms with Gasteiger partial charge < -0.3 is 46.9 Å². The minimum atomic E-state index is -1.52. The van der Waals surface area contributed by atoms with Gasteiger partial charge in [-0.15, -0.1) is 0 Å². The number of hydrogen-bond donors (Lipinski definition) is 7. The first-order valence-corrected chi connectivity index (χ1v) is 23.4. The molecule has 0 aromatic heterocycles. The number of aliphatic hydroxyl groups excluding tert-OH is 1. The number of aliphatic hydroxyl groups is 1. The van der Waals surface area contributed by atoms with Crippen LogP contribution in [0.1, 0.15) is 85.3 Å². The number of nitrogens with two attached hydrogens (primary N) is 1. The van der Waals surface area contributed by atoms with E-state index < -0.39 is 96.0 Å². The molecule has 17 heteroatoms. The minimum Gasteiger partial charge on any atom is -0.467 e. The highest BCUT2D eigenvalue weighted by atomic mass is 16.6. The summed E-state index contributed by atoms with van der Waals surface area (Å²) in [5, 5.41) is 25.7. The third-order valence-corrected chi connectivity index (χ3v) is 11.9. The summed E-state index contributed by atoms with van der Waals surface area (Å²) in [5.74, 6) is -4.60. The lowest BCUT2D eigenvalue weighted by molar-refractivity contribution is -0.147. The molecule has 0 saturated carbocycles. The lowest BCUT2D eigenvalue weighted by Crippen LogP contribution is -2.59. The third kappa shape index (κ3) is 16.8. The van der Waals surface area contributed by atoms with Crippen LogP contribution in [-0.2, 0) is 51.1 Å². The van der Waals surface area contributed by atoms with Crippen LogP contribution in [0, 0.1) is 11.8 Å². The molecule has 0 aliphatic carbocycles. The van der Waals surface area contributed by atoms with Crippen molar-refractivity contribution in [1.29, 1.82) is 0 Å². The Morgan fingerprint density at radius 1 is 0.735 bits per heavy atom. The molecule has 1 heterocycles. The SMILES string of the molecule is CCC(C)[C@H](NC(=O)[C@@H]1CCCN1CC(O)[C@H](Cc1ccccc1)NC(=O)[C@H](CC(N)=O)NC(=O)[C@H](Cc1ccc(-c2ccccc2)cc1)NC(=O)OC(C)(C)C)C(=O)N[C@H](C(=O)OC)C(C)C. The van der Waals surface area contributed by atoms with E-state index in [4.69, 9.17) is 15.2 Å². The zero-order valence-corrected chi connectivity index (χ0v) is 40.6. The molecule has 17 nitrogen and oxygen atoms in total. The van der Waals surface area contributed by atoms with Crippen LogP contribution in [0.2, 0.25) is 0 Å². The van der Waals surface area contributed by atoms with Gasteiger partial charge >= 0.3 is 12.1 Å². The molecule has 1 aliphatic rings. The van der Waals surface area contributed by atoms with Crippen molar-refractivity contribution in [2.45, 2.75) is 135 Å². The Morgan fingerprint density at radius 3 is 1.90 bits per heavy atom. The Balaban J connectivity index is 1.54. The quantitative estimate of drug-likeness (QED) is 0.0678. The zero-order chi connectivity index (χ0) is 50.1. The molecule has 4 rings (SSSR count). The molecule has 6 amide bonds. The number of alkyl carbamates (subject to hydrolysis) is 1. The maximum atomic E-state index is 14.2. The van der Waals surface area contributed by atoms with Gasteiger partial charge in [0.2, 0.25) is 29.5 Å². The van der Waals surface area contributed by atoms with Crippen LogP contribution in [0.3, 0.4) is 0 Å². The normalized spacial score (nSPS) is 17.0. The molecule has 68 heavy (non-hydrogen) atoms. The Bertz CT molecular complexity index is 2150. The number of rotatable bonds is 23. The lowest BCUT2D eigenvalue weighted by atomic mass is 9.96. The number of benzene rings is 3. The van der Waals surface area contributed by atoms with Crippen molar-refractivity contribution in [1.82, 2.24) is 31.5 Å². The van der Waals surface area contributed by atoms with Gasteiger partial charge in [0.25, 0.3) is 0 Å². The van der Waals surface area contributed by atoms with Crippen LogP contribution >= 0.6 is 0 Å². The summed E-state index contributed by atoms with van der Waals surface area (Å²) in [6.45, 7) is 12.7. The third-order valence-electron chi connectivity index (χ3n) is 11.9. The number of nitrogens with zero attached hydrogens (tertiary/aromatic N) is 1. The Kier molecular flexibility index (Phi) is 20.5. The van der Waals surface area contributed by atoms with Crippen molar-refractivity contribution in [3.8, 4) is 11.1 Å². The molecule has 1 saturated heterocycles. The fourth-order valence-electron chi connectivity index (χ4n) is 8.00. The Morgan fingerprint density at radius 2 is 1.32 bits per heavy atom. The van der Waals surface area contributed by atoms with Crippen LogP contribution in [0.25, 0.3) is 11.1 Å². The minimum absolute atomic E-state index is 0.000285. The summed E-state index contributed by atoms with van der Waals surface area (Å²) in [6, 6.07) is 19.9. The number of esters is 1. The molecular weight excluding hydrogens is 871 g/mol. The molecule has 8 N–H and O–H groups in total. The van der Waals surface area contributed by atoms with E-state index in [-0.39, 0.29) is 31.2 Å². The van der Waals surface area contributed by atoms with Crippen molar-refractivity contribution in [2.24, 2.45) is 17.6 Å². The number of nitrogens with one attached hydrogen (secondary N) is 5. The molecule has 2 unspecified atom stereocenters. The van der Waals surface area contributed by atoms with Gasteiger partial charge in [-0.05, 0) is 80.7 Å². The predicted molar refractivity (Wildman–Crippen MR) is 257 cm³/mol. The van der Waals surface area contributed by atoms with E-state index in [0.29, 0.717) is 31.4 Å². The van der Waals surface area contributed by atoms with Crippen molar-refractivity contribution in [3.05, 3.63) is 96.1 Å². The molecule has 0 bridgehead atoms. The number of carbonyl (C=O) groups is 7. The predicted octanol–water partition coefficient (Wildman–Crippen LogP) is 3.55. The monoisotopic (exact) mass is 942 g/mol. The molecule has 3 aromatic rings. The largest absolute Gasteiger partial charge is 0.467 e. The maximum Gasteiger partial charge on any atom is 0.408 e. The van der Waals surface area contributed by atoms with Crippen LogP contribution in [-0.4, -0.2) is 120 Å². The molecule has 370 valence electrons. The second kappa shape index (κ2) is 25.7. The van der Waals surface area contributed by atoms with Gasteiger partial charge in [-0.1, -0.05) is 119 Å². The van der Waals surface area contributed by atoms with E-state index in [1.165, 1.54) is 7.11 Å². The smallest absolute Gasteiger partial charge is 0.408 e. The van der Waals surface area contributed by atoms with Gasteiger partial charge in [-0.25, -0.2) is 9.59 Å². The number of primary amides is 1. The first-order valence-electron chi connectivity index (χ1n) is 23.4. The molecule has 0 radical (unpaired) electrons. The maximum absolute atomic E-state index is 14.2. The van der Waals surface area contributed by atoms with Gasteiger partial charge in [-0.3, -0.25) is 28.9 Å². The summed E-state index contributed by atoms with van der Waals surface area (Å²) in [7, 11) is 1.24. The summed E-state index contributed by atoms with van der Waals surface area (Å²) < 4.78 is 10.4. The number of likely N-dealkylation sites (tertiary alicyclic amines) is 1. The first kappa shape index (κ1) is 54.3. The molecule has 3 aromatic carbocycles. The first-order chi connectivity index (χ1) is 32.2. The fraction of sp³-hybridized carbons (Fsp3) is 0.510. The van der Waals surface area contributed by atoms with Gasteiger partial charge in [-0.2, -0.15) is 0 Å². The molecular formula is C51H71N7O10. The summed E-state index contributed by atoms with van der Waals surface area (Å²) in [5.41, 5.74) is 8.12. The van der Waals surface area contributed by atoms with E-state index in [1.807, 2.05) is 98.8 Å². The van der Waals surface area contributed by atoms with Crippen LogP contribution in [0.5, 0.6) is 0 Å². The average Bonchev–Trinajstić information content (AvgIpc) is 3.76. The standard InChI is InChI=1S/C51H71N7O10/c1-9-32(4)44(48(64)56-43(31(2)3)49(65)67-8)57-47(63)40-21-16-26-58(40)30-41(59)37(27-33-17-12-10-13-18-33)53-46(62)39(29-42(52)60)54-45(61)38(55-50(66)68-51(5,6)7)28-34-22-24-36(25-23-34)35-19-14-11-15-20-35/h10-15,17-20,22-25,31-32,37-41,43-44,59H,9,16,21,26-30H2,1-8H3,(H2,52,60)(H,53,62)(H,54,61)(H,55,66)(H,56,64)(H,57,63)/t32?,37-,38-,39-,40-,41?,43-,44-/m0/s1. The van der Waals surface area contributed by atoms with Crippen LogP contribution in [0.4, 0.5) is 4.79 Å². The van der Waals surface area contributed by atoms with Gasteiger partial charge in [0, 0.05) is 13.0 Å². The number of β-amino-alcohol motifs (C(OH)–C–C–N with tert-alkyl or cyclic N) is 1. The molecule has 0 spiro atoms. The van der Waals surface area contributed by atoms with E-state index in [1.54, 1.807) is 39.5 Å². The Labute approximate surface area is 400 Å². The molecule has 8 atom stereocenters.